The van der Waals surface area contributed by atoms with E-state index in [1.54, 1.807) is 9.80 Å². The maximum atomic E-state index is 14.9. The van der Waals surface area contributed by atoms with Gasteiger partial charge in [0.25, 0.3) is 12.4 Å². The Morgan fingerprint density at radius 3 is 2.33 bits per heavy atom. The second-order valence-electron chi connectivity index (χ2n) is 9.46. The van der Waals surface area contributed by atoms with E-state index in [0.29, 0.717) is 45.2 Å². The van der Waals surface area contributed by atoms with Gasteiger partial charge in [0.15, 0.2) is 18.2 Å². The van der Waals surface area contributed by atoms with Crippen molar-refractivity contribution in [3.8, 4) is 0 Å². The summed E-state index contributed by atoms with van der Waals surface area (Å²) in [5, 5.41) is 5.03. The first-order valence-corrected chi connectivity index (χ1v) is 12.2. The summed E-state index contributed by atoms with van der Waals surface area (Å²) in [5.41, 5.74) is 0.0808. The van der Waals surface area contributed by atoms with Crippen LogP contribution in [0.4, 0.5) is 20.2 Å². The van der Waals surface area contributed by atoms with Crippen molar-refractivity contribution in [2.45, 2.75) is 31.7 Å². The fourth-order valence-corrected chi connectivity index (χ4v) is 5.06. The number of likely N-dealkylation sites (tertiary alicyclic amines) is 1. The minimum Gasteiger partial charge on any atom is -0.458 e. The first kappa shape index (κ1) is 25.8. The van der Waals surface area contributed by atoms with Crippen LogP contribution >= 0.6 is 0 Å². The van der Waals surface area contributed by atoms with Crippen molar-refractivity contribution in [2.24, 2.45) is 5.92 Å². The van der Waals surface area contributed by atoms with E-state index >= 15 is 0 Å². The molecule has 1 unspecified atom stereocenters. The summed E-state index contributed by atoms with van der Waals surface area (Å²) in [6.45, 7) is 4.46. The maximum absolute atomic E-state index is 14.9. The Hall–Kier alpha value is -3.28. The Balaban J connectivity index is 1.26. The molecule has 0 aromatic heterocycles. The number of hydrogen-bond donors (Lipinski definition) is 2. The van der Waals surface area contributed by atoms with E-state index in [0.717, 1.165) is 19.4 Å². The zero-order valence-corrected chi connectivity index (χ0v) is 20.0. The summed E-state index contributed by atoms with van der Waals surface area (Å²) in [6, 6.07) is 1.65. The molecule has 3 fully saturated rings. The summed E-state index contributed by atoms with van der Waals surface area (Å²) in [7, 11) is 0. The number of piperazine rings is 1. The number of imide groups is 1. The molecule has 1 atom stereocenters. The van der Waals surface area contributed by atoms with Gasteiger partial charge in [-0.2, -0.15) is 0 Å². The second-order valence-corrected chi connectivity index (χ2v) is 9.46. The summed E-state index contributed by atoms with van der Waals surface area (Å²) < 4.78 is 34.4. The van der Waals surface area contributed by atoms with Crippen molar-refractivity contribution in [3.63, 3.8) is 0 Å². The van der Waals surface area contributed by atoms with Crippen LogP contribution in [0.1, 0.15) is 25.7 Å². The first-order chi connectivity index (χ1) is 17.3. The van der Waals surface area contributed by atoms with Gasteiger partial charge in [-0.15, -0.1) is 0 Å². The molecule has 12 heteroatoms. The van der Waals surface area contributed by atoms with Gasteiger partial charge in [-0.3, -0.25) is 29.4 Å². The van der Waals surface area contributed by atoms with E-state index < -0.39 is 23.6 Å². The first-order valence-electron chi connectivity index (χ1n) is 12.2. The minimum absolute atomic E-state index is 0.0761. The van der Waals surface area contributed by atoms with Gasteiger partial charge in [-0.1, -0.05) is 0 Å². The largest absolute Gasteiger partial charge is 0.458 e. The van der Waals surface area contributed by atoms with E-state index in [1.807, 2.05) is 0 Å². The number of halogens is 2. The molecule has 0 saturated carbocycles. The van der Waals surface area contributed by atoms with Gasteiger partial charge in [-0.05, 0) is 37.3 Å². The molecule has 1 aromatic carbocycles. The van der Waals surface area contributed by atoms with E-state index in [2.05, 4.69) is 20.3 Å². The summed E-state index contributed by atoms with van der Waals surface area (Å²) in [6.07, 6.45) is 2.15. The van der Waals surface area contributed by atoms with E-state index in [-0.39, 0.29) is 49.1 Å². The van der Waals surface area contributed by atoms with Crippen molar-refractivity contribution in [1.29, 1.82) is 0 Å². The molecule has 4 rings (SSSR count). The molecule has 0 bridgehead atoms. The van der Waals surface area contributed by atoms with E-state index in [4.69, 9.17) is 0 Å². The number of ether oxygens (including phenoxy) is 1. The highest BCUT2D eigenvalue weighted by molar-refractivity contribution is 6.01. The van der Waals surface area contributed by atoms with Crippen molar-refractivity contribution in [3.05, 3.63) is 23.8 Å². The highest BCUT2D eigenvalue weighted by Gasteiger charge is 2.29. The van der Waals surface area contributed by atoms with Gasteiger partial charge in [-0.25, -0.2) is 8.78 Å². The van der Waals surface area contributed by atoms with Crippen LogP contribution in [-0.2, 0) is 23.9 Å². The second kappa shape index (κ2) is 11.6. The number of rotatable bonds is 8. The predicted molar refractivity (Wildman–Crippen MR) is 126 cm³/mol. The Morgan fingerprint density at radius 2 is 1.72 bits per heavy atom. The molecular weight excluding hydrogens is 476 g/mol. The van der Waals surface area contributed by atoms with Crippen molar-refractivity contribution in [2.75, 3.05) is 62.6 Å². The standard InChI is InChI=1S/C24H31F2N5O5/c25-18-11-17(27-20-1-2-21(33)28-24(20)35)12-19(26)23(18)31-9-7-29(8-10-31)13-16-3-5-30(6-4-16)22(34)14-36-15-32/h11-12,15-16,20,27H,1-10,13-14H2,(H,28,33,35). The smallest absolute Gasteiger partial charge is 0.293 e. The number of amides is 3. The lowest BCUT2D eigenvalue weighted by atomic mass is 9.96. The van der Waals surface area contributed by atoms with Gasteiger partial charge in [0, 0.05) is 57.9 Å². The Labute approximate surface area is 207 Å². The zero-order chi connectivity index (χ0) is 25.7. The van der Waals surface area contributed by atoms with Crippen molar-refractivity contribution >= 4 is 35.6 Å². The number of piperidine rings is 2. The van der Waals surface area contributed by atoms with Crippen LogP contribution in [0.15, 0.2) is 12.1 Å². The third-order valence-corrected chi connectivity index (χ3v) is 7.04. The number of nitrogens with zero attached hydrogens (tertiary/aromatic N) is 3. The van der Waals surface area contributed by atoms with Crippen LogP contribution < -0.4 is 15.5 Å². The molecule has 3 aliphatic heterocycles. The fraction of sp³-hybridized carbons (Fsp3) is 0.583. The Morgan fingerprint density at radius 1 is 1.06 bits per heavy atom. The van der Waals surface area contributed by atoms with Crippen LogP contribution in [0.5, 0.6) is 0 Å². The van der Waals surface area contributed by atoms with Gasteiger partial charge in [0.1, 0.15) is 11.7 Å². The quantitative estimate of drug-likeness (QED) is 0.391. The maximum Gasteiger partial charge on any atom is 0.293 e. The molecule has 3 amide bonds. The van der Waals surface area contributed by atoms with Crippen LogP contribution in [0, 0.1) is 17.6 Å². The molecule has 0 aliphatic carbocycles. The molecule has 1 aromatic rings. The number of anilines is 2. The highest BCUT2D eigenvalue weighted by atomic mass is 19.1. The molecule has 10 nitrogen and oxygen atoms in total. The lowest BCUT2D eigenvalue weighted by molar-refractivity contribution is -0.144. The lowest BCUT2D eigenvalue weighted by Gasteiger charge is -2.39. The number of carbonyl (C=O) groups is 4. The minimum atomic E-state index is -0.717. The summed E-state index contributed by atoms with van der Waals surface area (Å²) >= 11 is 0. The van der Waals surface area contributed by atoms with Crippen LogP contribution in [0.3, 0.4) is 0 Å². The molecule has 0 spiro atoms. The average Bonchev–Trinajstić information content (AvgIpc) is 2.85. The normalized spacial score (nSPS) is 21.8. The van der Waals surface area contributed by atoms with Crippen molar-refractivity contribution < 1.29 is 32.7 Å². The monoisotopic (exact) mass is 507 g/mol. The highest BCUT2D eigenvalue weighted by Crippen LogP contribution is 2.29. The van der Waals surface area contributed by atoms with Gasteiger partial charge >= 0.3 is 0 Å². The molecule has 3 saturated heterocycles. The van der Waals surface area contributed by atoms with Crippen LogP contribution in [0.25, 0.3) is 0 Å². The fourth-order valence-electron chi connectivity index (χ4n) is 5.06. The molecule has 0 radical (unpaired) electrons. The zero-order valence-electron chi connectivity index (χ0n) is 20.0. The number of nitrogens with one attached hydrogen (secondary N) is 2. The molecule has 196 valence electrons. The SMILES string of the molecule is O=COCC(=O)N1CCC(CN2CCN(c3c(F)cc(NC4CCC(=O)NC4=O)cc3F)CC2)CC1. The molecule has 36 heavy (non-hydrogen) atoms. The molecular formula is C24H31F2N5O5. The number of benzene rings is 1. The van der Waals surface area contributed by atoms with Crippen LogP contribution in [-0.4, -0.2) is 92.5 Å². The average molecular weight is 508 g/mol. The van der Waals surface area contributed by atoms with E-state index in [9.17, 15) is 28.0 Å². The predicted octanol–water partition coefficient (Wildman–Crippen LogP) is 0.716. The number of carbonyl (C=O) groups excluding carboxylic acids is 4. The van der Waals surface area contributed by atoms with Crippen LogP contribution in [0.2, 0.25) is 0 Å². The number of hydrogen-bond acceptors (Lipinski definition) is 8. The molecule has 2 N–H and O–H groups in total. The molecule has 3 heterocycles. The Bertz CT molecular complexity index is 970. The Kier molecular flexibility index (Phi) is 8.34. The van der Waals surface area contributed by atoms with Gasteiger partial charge < -0.3 is 19.9 Å². The third kappa shape index (κ3) is 6.28. The lowest BCUT2D eigenvalue weighted by Crippen LogP contribution is -2.49. The molecule has 3 aliphatic rings. The third-order valence-electron chi connectivity index (χ3n) is 7.04. The van der Waals surface area contributed by atoms with Crippen molar-refractivity contribution in [1.82, 2.24) is 15.1 Å². The summed E-state index contributed by atoms with van der Waals surface area (Å²) in [5.74, 6) is -2.01. The van der Waals surface area contributed by atoms with Gasteiger partial charge in [0.2, 0.25) is 11.8 Å². The van der Waals surface area contributed by atoms with E-state index in [1.165, 1.54) is 12.1 Å². The summed E-state index contributed by atoms with van der Waals surface area (Å²) in [4.78, 5) is 51.1. The van der Waals surface area contributed by atoms with Gasteiger partial charge in [0.05, 0.1) is 0 Å². The topological polar surface area (TPSA) is 111 Å².